The van der Waals surface area contributed by atoms with Crippen molar-refractivity contribution in [2.45, 2.75) is 40.5 Å². The van der Waals surface area contributed by atoms with Gasteiger partial charge in [-0.1, -0.05) is 37.6 Å². The van der Waals surface area contributed by atoms with Gasteiger partial charge in [0.15, 0.2) is 0 Å². The Morgan fingerprint density at radius 2 is 2.33 bits per heavy atom. The molecule has 0 amide bonds. The third-order valence-electron chi connectivity index (χ3n) is 3.83. The third-order valence-corrected chi connectivity index (χ3v) is 3.83. The zero-order chi connectivity index (χ0) is 11.6. The Kier molecular flexibility index (Phi) is 3.39. The van der Waals surface area contributed by atoms with Crippen LogP contribution in [0, 0.1) is 28.6 Å². The Morgan fingerprint density at radius 3 is 2.73 bits per heavy atom. The number of hydrogen-bond donors (Lipinski definition) is 0. The van der Waals surface area contributed by atoms with Gasteiger partial charge in [-0.25, -0.2) is 0 Å². The van der Waals surface area contributed by atoms with Crippen LogP contribution in [0.25, 0.3) is 0 Å². The van der Waals surface area contributed by atoms with Crippen LogP contribution in [-0.4, -0.2) is 0 Å². The summed E-state index contributed by atoms with van der Waals surface area (Å²) in [5.41, 5.74) is 2.92. The molecule has 82 valence electrons. The average molecular weight is 203 g/mol. The summed E-state index contributed by atoms with van der Waals surface area (Å²) in [6.07, 6.45) is 4.24. The molecule has 0 aromatic carbocycles. The second-order valence-electron chi connectivity index (χ2n) is 5.29. The molecule has 0 saturated heterocycles. The first-order chi connectivity index (χ1) is 6.89. The Hall–Kier alpha value is -1.03. The highest BCUT2D eigenvalue weighted by Gasteiger charge is 2.36. The van der Waals surface area contributed by atoms with Gasteiger partial charge in [0.25, 0.3) is 0 Å². The first-order valence-electron chi connectivity index (χ1n) is 5.64. The molecule has 15 heavy (non-hydrogen) atoms. The zero-order valence-electron chi connectivity index (χ0n) is 10.3. The Morgan fingerprint density at radius 1 is 1.73 bits per heavy atom. The van der Waals surface area contributed by atoms with Gasteiger partial charge in [0.05, 0.1) is 6.07 Å². The Bertz CT molecular complexity index is 328. The molecule has 0 unspecified atom stereocenters. The quantitative estimate of drug-likeness (QED) is 0.634. The summed E-state index contributed by atoms with van der Waals surface area (Å²) in [5.74, 6) is 0.613. The minimum absolute atomic E-state index is 0.0919. The lowest BCUT2D eigenvalue weighted by atomic mass is 9.73. The molecule has 0 aliphatic heterocycles. The number of allylic oxidation sites excluding steroid dienone is 3. The van der Waals surface area contributed by atoms with Gasteiger partial charge in [-0.05, 0) is 38.0 Å². The largest absolute Gasteiger partial charge is 0.198 e. The molecule has 0 heterocycles. The minimum Gasteiger partial charge on any atom is -0.198 e. The lowest BCUT2D eigenvalue weighted by Crippen LogP contribution is -2.22. The second-order valence-corrected chi connectivity index (χ2v) is 5.29. The predicted molar refractivity (Wildman–Crippen MR) is 64.2 cm³/mol. The van der Waals surface area contributed by atoms with Gasteiger partial charge in [-0.2, -0.15) is 5.26 Å². The molecular weight excluding hydrogens is 182 g/mol. The SMILES string of the molecule is C=C(C[C@@H](C)C#N)[C@H]1CC=C(C)C1(C)C. The minimum atomic E-state index is 0.0919. The van der Waals surface area contributed by atoms with Crippen LogP contribution in [-0.2, 0) is 0 Å². The monoisotopic (exact) mass is 203 g/mol. The van der Waals surface area contributed by atoms with Crippen molar-refractivity contribution in [3.05, 3.63) is 23.8 Å². The number of rotatable bonds is 3. The van der Waals surface area contributed by atoms with Crippen LogP contribution in [0.15, 0.2) is 23.8 Å². The van der Waals surface area contributed by atoms with E-state index in [1.165, 1.54) is 11.1 Å². The van der Waals surface area contributed by atoms with Crippen LogP contribution in [0.1, 0.15) is 40.5 Å². The van der Waals surface area contributed by atoms with Crippen molar-refractivity contribution < 1.29 is 0 Å². The van der Waals surface area contributed by atoms with Crippen LogP contribution in [0.5, 0.6) is 0 Å². The van der Waals surface area contributed by atoms with Gasteiger partial charge >= 0.3 is 0 Å². The molecule has 1 aliphatic rings. The van der Waals surface area contributed by atoms with Crippen LogP contribution >= 0.6 is 0 Å². The van der Waals surface area contributed by atoms with Crippen molar-refractivity contribution in [3.8, 4) is 6.07 Å². The molecule has 1 nitrogen and oxygen atoms in total. The fourth-order valence-electron chi connectivity index (χ4n) is 2.39. The van der Waals surface area contributed by atoms with Crippen molar-refractivity contribution in [3.63, 3.8) is 0 Å². The average Bonchev–Trinajstić information content (AvgIpc) is 2.41. The number of nitrogens with zero attached hydrogens (tertiary/aromatic N) is 1. The van der Waals surface area contributed by atoms with Gasteiger partial charge in [-0.3, -0.25) is 0 Å². The predicted octanol–water partition coefficient (Wildman–Crippen LogP) is 4.08. The zero-order valence-corrected chi connectivity index (χ0v) is 10.3. The highest BCUT2D eigenvalue weighted by molar-refractivity contribution is 5.25. The van der Waals surface area contributed by atoms with Gasteiger partial charge in [-0.15, -0.1) is 0 Å². The van der Waals surface area contributed by atoms with E-state index in [0.717, 1.165) is 12.8 Å². The van der Waals surface area contributed by atoms with E-state index in [1.807, 2.05) is 6.92 Å². The normalized spacial score (nSPS) is 25.5. The summed E-state index contributed by atoms with van der Waals surface area (Å²) >= 11 is 0. The van der Waals surface area contributed by atoms with E-state index in [-0.39, 0.29) is 11.3 Å². The Labute approximate surface area is 93.5 Å². The molecule has 0 bridgehead atoms. The van der Waals surface area contributed by atoms with Crippen LogP contribution in [0.2, 0.25) is 0 Å². The first-order valence-corrected chi connectivity index (χ1v) is 5.64. The van der Waals surface area contributed by atoms with Crippen molar-refractivity contribution >= 4 is 0 Å². The van der Waals surface area contributed by atoms with E-state index in [0.29, 0.717) is 5.92 Å². The van der Waals surface area contributed by atoms with Gasteiger partial charge in [0, 0.05) is 5.92 Å². The second kappa shape index (κ2) is 4.23. The first kappa shape index (κ1) is 12.0. The van der Waals surface area contributed by atoms with Crippen molar-refractivity contribution in [1.82, 2.24) is 0 Å². The number of nitriles is 1. The molecule has 1 rings (SSSR count). The van der Waals surface area contributed by atoms with E-state index in [1.54, 1.807) is 0 Å². The van der Waals surface area contributed by atoms with Crippen molar-refractivity contribution in [2.75, 3.05) is 0 Å². The molecule has 0 radical (unpaired) electrons. The molecule has 1 heteroatoms. The molecule has 0 spiro atoms. The van der Waals surface area contributed by atoms with Crippen molar-refractivity contribution in [1.29, 1.82) is 5.26 Å². The summed E-state index contributed by atoms with van der Waals surface area (Å²) < 4.78 is 0. The van der Waals surface area contributed by atoms with Crippen LogP contribution < -0.4 is 0 Å². The summed E-state index contributed by atoms with van der Waals surface area (Å²) in [6, 6.07) is 2.28. The number of hydrogen-bond acceptors (Lipinski definition) is 1. The van der Waals surface area contributed by atoms with Gasteiger partial charge in [0.1, 0.15) is 0 Å². The highest BCUT2D eigenvalue weighted by Crippen LogP contribution is 2.47. The molecular formula is C14H21N. The van der Waals surface area contributed by atoms with Crippen molar-refractivity contribution in [2.24, 2.45) is 17.3 Å². The molecule has 0 aromatic heterocycles. The fraction of sp³-hybridized carbons (Fsp3) is 0.643. The summed E-state index contributed by atoms with van der Waals surface area (Å²) in [7, 11) is 0. The standard InChI is InChI=1S/C14H21N/c1-10(9-15)8-11(2)13-7-6-12(3)14(13,4)5/h6,10,13H,2,7-8H2,1,3-5H3/t10-,13-/m1/s1. The maximum Gasteiger partial charge on any atom is 0.0656 e. The van der Waals surface area contributed by atoms with Crippen LogP contribution in [0.4, 0.5) is 0 Å². The van der Waals surface area contributed by atoms with E-state index in [2.05, 4.69) is 39.5 Å². The fourth-order valence-corrected chi connectivity index (χ4v) is 2.39. The van der Waals surface area contributed by atoms with Gasteiger partial charge < -0.3 is 0 Å². The van der Waals surface area contributed by atoms with E-state index < -0.39 is 0 Å². The van der Waals surface area contributed by atoms with Gasteiger partial charge in [0.2, 0.25) is 0 Å². The maximum atomic E-state index is 8.80. The third kappa shape index (κ3) is 2.31. The molecule has 0 saturated carbocycles. The Balaban J connectivity index is 2.69. The molecule has 0 fully saturated rings. The van der Waals surface area contributed by atoms with E-state index >= 15 is 0 Å². The molecule has 2 atom stereocenters. The summed E-state index contributed by atoms with van der Waals surface area (Å²) in [4.78, 5) is 0. The molecule has 0 aromatic rings. The molecule has 1 aliphatic carbocycles. The lowest BCUT2D eigenvalue weighted by Gasteiger charge is -2.31. The van der Waals surface area contributed by atoms with Crippen LogP contribution in [0.3, 0.4) is 0 Å². The smallest absolute Gasteiger partial charge is 0.0656 e. The lowest BCUT2D eigenvalue weighted by molar-refractivity contribution is 0.326. The summed E-state index contributed by atoms with van der Waals surface area (Å²) in [6.45, 7) is 12.9. The topological polar surface area (TPSA) is 23.8 Å². The van der Waals surface area contributed by atoms with E-state index in [9.17, 15) is 0 Å². The summed E-state index contributed by atoms with van der Waals surface area (Å²) in [5, 5.41) is 8.80. The van der Waals surface area contributed by atoms with E-state index in [4.69, 9.17) is 5.26 Å². The highest BCUT2D eigenvalue weighted by atomic mass is 14.4. The molecule has 0 N–H and O–H groups in total. The maximum absolute atomic E-state index is 8.80.